The molecular weight excluding hydrogens is 152 g/mol. The Morgan fingerprint density at radius 1 is 1.42 bits per heavy atom. The summed E-state index contributed by atoms with van der Waals surface area (Å²) in [6, 6.07) is -0.133. The molecular formula is C9H16N2O. The quantitative estimate of drug-likeness (QED) is 0.479. The van der Waals surface area contributed by atoms with E-state index in [2.05, 4.69) is 29.4 Å². The summed E-state index contributed by atoms with van der Waals surface area (Å²) >= 11 is 0. The lowest BCUT2D eigenvalue weighted by Crippen LogP contribution is -2.36. The van der Waals surface area contributed by atoms with Crippen LogP contribution in [-0.2, 0) is 0 Å². The Balaban J connectivity index is 3.25. The van der Waals surface area contributed by atoms with Crippen molar-refractivity contribution in [1.82, 2.24) is 10.6 Å². The summed E-state index contributed by atoms with van der Waals surface area (Å²) in [5.74, 6) is 5.45. The first-order chi connectivity index (χ1) is 5.81. The van der Waals surface area contributed by atoms with Gasteiger partial charge in [0.1, 0.15) is 0 Å². The topological polar surface area (TPSA) is 41.1 Å². The molecule has 0 radical (unpaired) electrons. The van der Waals surface area contributed by atoms with Gasteiger partial charge in [0.05, 0.1) is 6.54 Å². The molecule has 68 valence electrons. The lowest BCUT2D eigenvalue weighted by Gasteiger charge is -2.03. The lowest BCUT2D eigenvalue weighted by atomic mass is 10.3. The van der Waals surface area contributed by atoms with Crippen molar-refractivity contribution in [3.8, 4) is 11.8 Å². The molecule has 2 amide bonds. The Labute approximate surface area is 73.9 Å². The molecule has 0 aromatic carbocycles. The molecule has 0 unspecified atom stereocenters. The van der Waals surface area contributed by atoms with Gasteiger partial charge in [0.25, 0.3) is 0 Å². The molecule has 0 spiro atoms. The van der Waals surface area contributed by atoms with E-state index in [0.29, 0.717) is 6.54 Å². The Hall–Kier alpha value is -1.17. The Kier molecular flexibility index (Phi) is 7.16. The lowest BCUT2D eigenvalue weighted by molar-refractivity contribution is 0.242. The van der Waals surface area contributed by atoms with Gasteiger partial charge >= 0.3 is 6.03 Å². The summed E-state index contributed by atoms with van der Waals surface area (Å²) in [5.41, 5.74) is 0. The van der Waals surface area contributed by atoms with Gasteiger partial charge in [0.2, 0.25) is 0 Å². The summed E-state index contributed by atoms with van der Waals surface area (Å²) in [6.45, 7) is 5.00. The minimum Gasteiger partial charge on any atom is -0.338 e. The van der Waals surface area contributed by atoms with Crippen LogP contribution in [-0.4, -0.2) is 19.1 Å². The van der Waals surface area contributed by atoms with Gasteiger partial charge in [-0.3, -0.25) is 0 Å². The minimum atomic E-state index is -0.133. The van der Waals surface area contributed by atoms with Crippen LogP contribution in [0, 0.1) is 11.8 Å². The van der Waals surface area contributed by atoms with E-state index in [9.17, 15) is 4.79 Å². The number of carbonyl (C=O) groups is 1. The molecule has 0 aliphatic rings. The summed E-state index contributed by atoms with van der Waals surface area (Å²) < 4.78 is 0. The van der Waals surface area contributed by atoms with Crippen LogP contribution < -0.4 is 10.6 Å². The zero-order valence-corrected chi connectivity index (χ0v) is 7.74. The maximum absolute atomic E-state index is 10.9. The van der Waals surface area contributed by atoms with E-state index in [1.807, 2.05) is 0 Å². The van der Waals surface area contributed by atoms with Gasteiger partial charge in [-0.2, -0.15) is 0 Å². The highest BCUT2D eigenvalue weighted by Crippen LogP contribution is 1.81. The van der Waals surface area contributed by atoms with Crippen molar-refractivity contribution in [1.29, 1.82) is 0 Å². The van der Waals surface area contributed by atoms with Gasteiger partial charge in [0.15, 0.2) is 0 Å². The zero-order valence-electron chi connectivity index (χ0n) is 7.74. The maximum Gasteiger partial charge on any atom is 0.315 e. The van der Waals surface area contributed by atoms with Crippen molar-refractivity contribution in [2.75, 3.05) is 13.1 Å². The van der Waals surface area contributed by atoms with E-state index in [1.54, 1.807) is 6.92 Å². The zero-order chi connectivity index (χ0) is 9.23. The molecule has 0 atom stereocenters. The third-order valence-corrected chi connectivity index (χ3v) is 1.33. The van der Waals surface area contributed by atoms with Crippen LogP contribution in [0.15, 0.2) is 0 Å². The summed E-state index contributed by atoms with van der Waals surface area (Å²) in [7, 11) is 0. The molecule has 0 saturated heterocycles. The highest BCUT2D eigenvalue weighted by atomic mass is 16.2. The van der Waals surface area contributed by atoms with Gasteiger partial charge in [-0.05, 0) is 13.3 Å². The number of rotatable bonds is 4. The Morgan fingerprint density at radius 2 is 2.17 bits per heavy atom. The van der Waals surface area contributed by atoms with E-state index < -0.39 is 0 Å². The van der Waals surface area contributed by atoms with Crippen LogP contribution >= 0.6 is 0 Å². The van der Waals surface area contributed by atoms with Gasteiger partial charge < -0.3 is 10.6 Å². The molecule has 0 aliphatic carbocycles. The monoisotopic (exact) mass is 168 g/mol. The number of hydrogen-bond acceptors (Lipinski definition) is 1. The van der Waals surface area contributed by atoms with E-state index in [0.717, 1.165) is 19.4 Å². The molecule has 0 aromatic heterocycles. The molecule has 0 heterocycles. The third-order valence-electron chi connectivity index (χ3n) is 1.33. The van der Waals surface area contributed by atoms with Crippen LogP contribution in [0.2, 0.25) is 0 Å². The van der Waals surface area contributed by atoms with E-state index in [4.69, 9.17) is 0 Å². The average molecular weight is 168 g/mol. The van der Waals surface area contributed by atoms with Crippen LogP contribution in [0.4, 0.5) is 4.79 Å². The molecule has 2 N–H and O–H groups in total. The molecule has 0 saturated carbocycles. The van der Waals surface area contributed by atoms with Crippen molar-refractivity contribution in [3.05, 3.63) is 0 Å². The van der Waals surface area contributed by atoms with Crippen molar-refractivity contribution >= 4 is 6.03 Å². The predicted molar refractivity (Wildman–Crippen MR) is 49.8 cm³/mol. The molecule has 0 rings (SSSR count). The Morgan fingerprint density at radius 3 is 2.75 bits per heavy atom. The standard InChI is InChI=1S/C9H16N2O/c1-3-5-7-10-9(12)11-8-6-4-2/h3,5,7-8H2,1-2H3,(H2,10,11,12). The van der Waals surface area contributed by atoms with Crippen LogP contribution in [0.3, 0.4) is 0 Å². The largest absolute Gasteiger partial charge is 0.338 e. The SMILES string of the molecule is CC#CCNC(=O)NCCCC. The highest BCUT2D eigenvalue weighted by molar-refractivity contribution is 5.74. The molecule has 0 aromatic rings. The normalized spacial score (nSPS) is 8.17. The van der Waals surface area contributed by atoms with Crippen LogP contribution in [0.1, 0.15) is 26.7 Å². The summed E-state index contributed by atoms with van der Waals surface area (Å²) in [5, 5.41) is 5.34. The number of nitrogens with one attached hydrogen (secondary N) is 2. The second kappa shape index (κ2) is 7.93. The van der Waals surface area contributed by atoms with Gasteiger partial charge in [-0.15, -0.1) is 5.92 Å². The molecule has 0 bridgehead atoms. The second-order valence-corrected chi connectivity index (χ2v) is 2.39. The first-order valence-electron chi connectivity index (χ1n) is 4.22. The number of hydrogen-bond donors (Lipinski definition) is 2. The van der Waals surface area contributed by atoms with Crippen molar-refractivity contribution in [2.45, 2.75) is 26.7 Å². The molecule has 3 nitrogen and oxygen atoms in total. The predicted octanol–water partition coefficient (Wildman–Crippen LogP) is 1.11. The van der Waals surface area contributed by atoms with Crippen molar-refractivity contribution in [2.24, 2.45) is 0 Å². The van der Waals surface area contributed by atoms with Crippen molar-refractivity contribution in [3.63, 3.8) is 0 Å². The number of amides is 2. The van der Waals surface area contributed by atoms with Gasteiger partial charge in [0, 0.05) is 6.54 Å². The van der Waals surface area contributed by atoms with Gasteiger partial charge in [-0.1, -0.05) is 19.3 Å². The number of unbranched alkanes of at least 4 members (excludes halogenated alkanes) is 1. The molecule has 12 heavy (non-hydrogen) atoms. The highest BCUT2D eigenvalue weighted by Gasteiger charge is 1.94. The molecule has 0 fully saturated rings. The summed E-state index contributed by atoms with van der Waals surface area (Å²) in [4.78, 5) is 10.9. The molecule has 0 aliphatic heterocycles. The van der Waals surface area contributed by atoms with Crippen LogP contribution in [0.5, 0.6) is 0 Å². The third kappa shape index (κ3) is 6.94. The Bertz CT molecular complexity index is 179. The first-order valence-corrected chi connectivity index (χ1v) is 4.22. The number of urea groups is 1. The maximum atomic E-state index is 10.9. The molecule has 3 heteroatoms. The van der Waals surface area contributed by atoms with Crippen LogP contribution in [0.25, 0.3) is 0 Å². The fourth-order valence-electron chi connectivity index (χ4n) is 0.654. The summed E-state index contributed by atoms with van der Waals surface area (Å²) in [6.07, 6.45) is 2.11. The smallest absolute Gasteiger partial charge is 0.315 e. The van der Waals surface area contributed by atoms with E-state index >= 15 is 0 Å². The minimum absolute atomic E-state index is 0.133. The van der Waals surface area contributed by atoms with E-state index in [1.165, 1.54) is 0 Å². The van der Waals surface area contributed by atoms with E-state index in [-0.39, 0.29) is 6.03 Å². The second-order valence-electron chi connectivity index (χ2n) is 2.39. The fourth-order valence-corrected chi connectivity index (χ4v) is 0.654. The van der Waals surface area contributed by atoms with Crippen molar-refractivity contribution < 1.29 is 4.79 Å². The average Bonchev–Trinajstić information content (AvgIpc) is 2.06. The van der Waals surface area contributed by atoms with Gasteiger partial charge in [-0.25, -0.2) is 4.79 Å². The fraction of sp³-hybridized carbons (Fsp3) is 0.667. The first kappa shape index (κ1) is 10.8. The number of carbonyl (C=O) groups excluding carboxylic acids is 1.